The topological polar surface area (TPSA) is 64.7 Å². The van der Waals surface area contributed by atoms with Gasteiger partial charge in [0.15, 0.2) is 5.82 Å². The van der Waals surface area contributed by atoms with Crippen molar-refractivity contribution in [3.05, 3.63) is 63.5 Å². The Bertz CT molecular complexity index is 900. The molecule has 0 spiro atoms. The highest BCUT2D eigenvalue weighted by Crippen LogP contribution is 2.22. The molecule has 0 radical (unpaired) electrons. The zero-order chi connectivity index (χ0) is 17.3. The average molecular weight is 364 g/mol. The number of hydrogen-bond acceptors (Lipinski definition) is 3. The van der Waals surface area contributed by atoms with E-state index in [-0.39, 0.29) is 5.91 Å². The maximum absolute atomic E-state index is 12.1. The largest absolute Gasteiger partial charge is 0.305 e. The molecule has 0 fully saturated rings. The summed E-state index contributed by atoms with van der Waals surface area (Å²) in [5.41, 5.74) is 2.28. The summed E-state index contributed by atoms with van der Waals surface area (Å²) in [5.74, 6) is 0.226. The molecule has 24 heavy (non-hydrogen) atoms. The van der Waals surface area contributed by atoms with Crippen LogP contribution in [0.2, 0.25) is 10.0 Å². The van der Waals surface area contributed by atoms with Gasteiger partial charge in [-0.1, -0.05) is 29.3 Å². The van der Waals surface area contributed by atoms with Crippen LogP contribution in [0.25, 0.3) is 0 Å². The van der Waals surface area contributed by atoms with Gasteiger partial charge < -0.3 is 5.32 Å². The van der Waals surface area contributed by atoms with Gasteiger partial charge in [0.05, 0.1) is 18.3 Å². The molecule has 3 rings (SSSR count). The minimum Gasteiger partial charge on any atom is -0.305 e. The lowest BCUT2D eigenvalue weighted by molar-refractivity contribution is 0.102. The van der Waals surface area contributed by atoms with E-state index in [1.807, 2.05) is 13.0 Å². The zero-order valence-corrected chi connectivity index (χ0v) is 14.6. The molecule has 0 bridgehead atoms. The summed E-state index contributed by atoms with van der Waals surface area (Å²) in [6.45, 7) is 2.40. The summed E-state index contributed by atoms with van der Waals surface area (Å²) in [4.78, 5) is 12.1. The fraction of sp³-hybridized carbons (Fsp3) is 0.188. The first-order valence-corrected chi connectivity index (χ1v) is 7.96. The van der Waals surface area contributed by atoms with Gasteiger partial charge in [-0.25, -0.2) is 0 Å². The number of nitrogens with zero attached hydrogens (tertiary/aromatic N) is 4. The Balaban J connectivity index is 1.76. The van der Waals surface area contributed by atoms with Crippen molar-refractivity contribution < 1.29 is 4.79 Å². The Morgan fingerprint density at radius 3 is 2.75 bits per heavy atom. The van der Waals surface area contributed by atoms with Crippen molar-refractivity contribution in [1.82, 2.24) is 19.6 Å². The molecular formula is C16H15Cl2N5O. The highest BCUT2D eigenvalue weighted by Gasteiger charge is 2.12. The highest BCUT2D eigenvalue weighted by atomic mass is 35.5. The van der Waals surface area contributed by atoms with Crippen molar-refractivity contribution in [2.24, 2.45) is 7.05 Å². The normalized spacial score (nSPS) is 10.8. The van der Waals surface area contributed by atoms with Crippen LogP contribution in [0.1, 0.15) is 21.6 Å². The molecule has 0 aliphatic rings. The summed E-state index contributed by atoms with van der Waals surface area (Å²) in [6, 6.07) is 7.15. The predicted octanol–water partition coefficient (Wildman–Crippen LogP) is 3.53. The van der Waals surface area contributed by atoms with E-state index in [9.17, 15) is 4.79 Å². The van der Waals surface area contributed by atoms with Crippen LogP contribution < -0.4 is 5.32 Å². The van der Waals surface area contributed by atoms with Crippen LogP contribution in [-0.2, 0) is 13.6 Å². The molecule has 1 amide bonds. The molecule has 0 aliphatic heterocycles. The van der Waals surface area contributed by atoms with Crippen LogP contribution in [0, 0.1) is 6.92 Å². The van der Waals surface area contributed by atoms with Crippen LogP contribution in [-0.4, -0.2) is 25.5 Å². The number of rotatable bonds is 4. The Morgan fingerprint density at radius 2 is 2.08 bits per heavy atom. The van der Waals surface area contributed by atoms with Gasteiger partial charge in [-0.3, -0.25) is 14.2 Å². The summed E-state index contributed by atoms with van der Waals surface area (Å²) in [7, 11) is 1.76. The molecule has 2 heterocycles. The molecular weight excluding hydrogens is 349 g/mol. The third-order valence-electron chi connectivity index (χ3n) is 3.53. The van der Waals surface area contributed by atoms with E-state index in [1.165, 1.54) is 6.20 Å². The first-order valence-electron chi connectivity index (χ1n) is 7.21. The Labute approximate surface area is 149 Å². The molecule has 0 unspecified atom stereocenters. The molecule has 1 aromatic carbocycles. The maximum atomic E-state index is 12.1. The van der Waals surface area contributed by atoms with Gasteiger partial charge in [-0.05, 0) is 24.6 Å². The standard InChI is InChI=1S/C16H15Cl2N5O/c1-10-5-15(20-16(24)12-7-19-22(2)8-12)21-23(10)9-11-3-4-13(17)6-14(11)18/h3-8H,9H2,1-2H3,(H,20,21,24). The molecule has 6 nitrogen and oxygen atoms in total. The van der Waals surface area contributed by atoms with Crippen molar-refractivity contribution >= 4 is 34.9 Å². The van der Waals surface area contributed by atoms with E-state index in [0.29, 0.717) is 28.0 Å². The predicted molar refractivity (Wildman–Crippen MR) is 93.7 cm³/mol. The Hall–Kier alpha value is -2.31. The zero-order valence-electron chi connectivity index (χ0n) is 13.1. The molecule has 2 aromatic heterocycles. The monoisotopic (exact) mass is 363 g/mol. The van der Waals surface area contributed by atoms with Gasteiger partial charge in [-0.15, -0.1) is 0 Å². The lowest BCUT2D eigenvalue weighted by Crippen LogP contribution is -2.12. The number of anilines is 1. The van der Waals surface area contributed by atoms with Crippen LogP contribution in [0.15, 0.2) is 36.7 Å². The van der Waals surface area contributed by atoms with E-state index in [0.717, 1.165) is 11.3 Å². The lowest BCUT2D eigenvalue weighted by atomic mass is 10.2. The number of hydrogen-bond donors (Lipinski definition) is 1. The number of amides is 1. The smallest absolute Gasteiger partial charge is 0.260 e. The average Bonchev–Trinajstić information content (AvgIpc) is 3.08. The van der Waals surface area contributed by atoms with Crippen molar-refractivity contribution in [2.45, 2.75) is 13.5 Å². The lowest BCUT2D eigenvalue weighted by Gasteiger charge is -2.07. The van der Waals surface area contributed by atoms with E-state index < -0.39 is 0 Å². The second kappa shape index (κ2) is 6.67. The fourth-order valence-electron chi connectivity index (χ4n) is 2.27. The third-order valence-corrected chi connectivity index (χ3v) is 4.11. The molecule has 0 aliphatic carbocycles. The van der Waals surface area contributed by atoms with Crippen molar-refractivity contribution in [1.29, 1.82) is 0 Å². The quantitative estimate of drug-likeness (QED) is 0.770. The molecule has 8 heteroatoms. The number of nitrogens with one attached hydrogen (secondary N) is 1. The van der Waals surface area contributed by atoms with Gasteiger partial charge in [0, 0.05) is 35.1 Å². The summed E-state index contributed by atoms with van der Waals surface area (Å²) >= 11 is 12.1. The number of carbonyl (C=O) groups excluding carboxylic acids is 1. The van der Waals surface area contributed by atoms with Crippen molar-refractivity contribution in [2.75, 3.05) is 5.32 Å². The molecule has 0 atom stereocenters. The summed E-state index contributed by atoms with van der Waals surface area (Å²) in [5, 5.41) is 12.3. The number of aromatic nitrogens is 4. The highest BCUT2D eigenvalue weighted by molar-refractivity contribution is 6.35. The van der Waals surface area contributed by atoms with Gasteiger partial charge >= 0.3 is 0 Å². The van der Waals surface area contributed by atoms with Crippen LogP contribution >= 0.6 is 23.2 Å². The Morgan fingerprint density at radius 1 is 1.29 bits per heavy atom. The minimum absolute atomic E-state index is 0.253. The summed E-state index contributed by atoms with van der Waals surface area (Å²) in [6.07, 6.45) is 3.15. The minimum atomic E-state index is -0.253. The van der Waals surface area contributed by atoms with E-state index >= 15 is 0 Å². The molecule has 124 valence electrons. The summed E-state index contributed by atoms with van der Waals surface area (Å²) < 4.78 is 3.34. The molecule has 1 N–H and O–H groups in total. The second-order valence-corrected chi connectivity index (χ2v) is 6.26. The van der Waals surface area contributed by atoms with Crippen LogP contribution in [0.4, 0.5) is 5.82 Å². The molecule has 0 saturated heterocycles. The number of carbonyl (C=O) groups is 1. The SMILES string of the molecule is Cc1cc(NC(=O)c2cnn(C)c2)nn1Cc1ccc(Cl)cc1Cl. The van der Waals surface area contributed by atoms with Gasteiger partial charge in [0.1, 0.15) is 0 Å². The van der Waals surface area contributed by atoms with Crippen LogP contribution in [0.5, 0.6) is 0 Å². The molecule has 3 aromatic rings. The number of aryl methyl sites for hydroxylation is 2. The van der Waals surface area contributed by atoms with E-state index in [2.05, 4.69) is 15.5 Å². The van der Waals surface area contributed by atoms with Crippen molar-refractivity contribution in [3.8, 4) is 0 Å². The maximum Gasteiger partial charge on any atom is 0.260 e. The first kappa shape index (κ1) is 16.5. The van der Waals surface area contributed by atoms with Gasteiger partial charge in [-0.2, -0.15) is 10.2 Å². The van der Waals surface area contributed by atoms with Gasteiger partial charge in [0.2, 0.25) is 0 Å². The van der Waals surface area contributed by atoms with Crippen LogP contribution in [0.3, 0.4) is 0 Å². The number of benzene rings is 1. The van der Waals surface area contributed by atoms with Crippen molar-refractivity contribution in [3.63, 3.8) is 0 Å². The van der Waals surface area contributed by atoms with E-state index in [1.54, 1.807) is 40.8 Å². The molecule has 0 saturated carbocycles. The third kappa shape index (κ3) is 3.60. The number of halogens is 2. The first-order chi connectivity index (χ1) is 11.4. The fourth-order valence-corrected chi connectivity index (χ4v) is 2.74. The van der Waals surface area contributed by atoms with Gasteiger partial charge in [0.25, 0.3) is 5.91 Å². The van der Waals surface area contributed by atoms with E-state index in [4.69, 9.17) is 23.2 Å². The second-order valence-electron chi connectivity index (χ2n) is 5.42. The Kier molecular flexibility index (Phi) is 4.59.